The Morgan fingerprint density at radius 2 is 1.88 bits per heavy atom. The molecule has 1 atom stereocenters. The maximum atomic E-state index is 12.7. The van der Waals surface area contributed by atoms with Crippen molar-refractivity contribution in [2.24, 2.45) is 0 Å². The predicted octanol–water partition coefficient (Wildman–Crippen LogP) is 4.93. The number of benzene rings is 2. The molecule has 0 spiro atoms. The molecule has 7 nitrogen and oxygen atoms in total. The van der Waals surface area contributed by atoms with Gasteiger partial charge in [0.15, 0.2) is 0 Å². The summed E-state index contributed by atoms with van der Waals surface area (Å²) in [5.74, 6) is 1.79. The Bertz CT molecular complexity index is 1100. The van der Waals surface area contributed by atoms with Crippen LogP contribution >= 0.6 is 0 Å². The number of carbonyl (C=O) groups is 1. The second kappa shape index (κ2) is 9.33. The first-order valence-corrected chi connectivity index (χ1v) is 11.5. The summed E-state index contributed by atoms with van der Waals surface area (Å²) in [5, 5.41) is 0. The van der Waals surface area contributed by atoms with Crippen molar-refractivity contribution < 1.29 is 14.3 Å². The summed E-state index contributed by atoms with van der Waals surface area (Å²) >= 11 is 0. The number of para-hydroxylation sites is 2. The molecule has 0 bridgehead atoms. The van der Waals surface area contributed by atoms with E-state index in [2.05, 4.69) is 33.7 Å². The number of aromatic nitrogens is 2. The van der Waals surface area contributed by atoms with E-state index >= 15 is 0 Å². The number of rotatable bonds is 5. The lowest BCUT2D eigenvalue weighted by atomic mass is 10.1. The molecule has 0 N–H and O–H groups in total. The van der Waals surface area contributed by atoms with E-state index in [4.69, 9.17) is 14.5 Å². The number of amides is 1. The first-order chi connectivity index (χ1) is 15.7. The van der Waals surface area contributed by atoms with Gasteiger partial charge < -0.3 is 23.8 Å². The number of carbonyl (C=O) groups excluding carboxylic acids is 1. The van der Waals surface area contributed by atoms with Crippen LogP contribution in [-0.4, -0.2) is 59.4 Å². The number of anilines is 1. The van der Waals surface area contributed by atoms with Gasteiger partial charge in [0.1, 0.15) is 11.4 Å². The average Bonchev–Trinajstić information content (AvgIpc) is 3.16. The molecular weight excluding hydrogens is 416 g/mol. The number of imidazole rings is 1. The highest BCUT2D eigenvalue weighted by Crippen LogP contribution is 2.28. The summed E-state index contributed by atoms with van der Waals surface area (Å²) in [6, 6.07) is 16.5. The van der Waals surface area contributed by atoms with E-state index in [0.29, 0.717) is 6.54 Å². The number of methoxy groups -OCH3 is 1. The summed E-state index contributed by atoms with van der Waals surface area (Å²) in [5.41, 5.74) is 2.75. The van der Waals surface area contributed by atoms with Crippen LogP contribution in [0.1, 0.15) is 39.2 Å². The highest BCUT2D eigenvalue weighted by Gasteiger charge is 2.31. The fourth-order valence-electron chi connectivity index (χ4n) is 4.31. The molecule has 1 saturated heterocycles. The van der Waals surface area contributed by atoms with Gasteiger partial charge in [-0.3, -0.25) is 0 Å². The molecule has 7 heteroatoms. The first kappa shape index (κ1) is 23.0. The zero-order valence-corrected chi connectivity index (χ0v) is 20.2. The molecule has 33 heavy (non-hydrogen) atoms. The van der Waals surface area contributed by atoms with E-state index in [1.54, 1.807) is 12.0 Å². The van der Waals surface area contributed by atoms with Gasteiger partial charge in [0, 0.05) is 20.1 Å². The van der Waals surface area contributed by atoms with Gasteiger partial charge in [0.2, 0.25) is 5.95 Å². The molecule has 1 fully saturated rings. The Kier molecular flexibility index (Phi) is 6.49. The molecule has 0 radical (unpaired) electrons. The van der Waals surface area contributed by atoms with Gasteiger partial charge in [-0.25, -0.2) is 9.78 Å². The minimum absolute atomic E-state index is 0.0721. The Labute approximate surface area is 195 Å². The molecule has 1 aliphatic rings. The van der Waals surface area contributed by atoms with Gasteiger partial charge in [-0.1, -0.05) is 24.3 Å². The van der Waals surface area contributed by atoms with Crippen LogP contribution in [0, 0.1) is 0 Å². The zero-order valence-electron chi connectivity index (χ0n) is 20.2. The summed E-state index contributed by atoms with van der Waals surface area (Å²) in [4.78, 5) is 21.7. The number of fused-ring (bicyclic) bond motifs is 1. The Balaban J connectivity index is 1.60. The number of piperidine rings is 1. The Morgan fingerprint density at radius 3 is 2.58 bits per heavy atom. The number of likely N-dealkylation sites (N-methyl/N-ethyl adjacent to an activating group) is 1. The van der Waals surface area contributed by atoms with E-state index < -0.39 is 5.60 Å². The molecule has 0 saturated carbocycles. The molecule has 0 aliphatic carbocycles. The van der Waals surface area contributed by atoms with E-state index in [1.807, 2.05) is 52.1 Å². The van der Waals surface area contributed by atoms with Gasteiger partial charge in [-0.2, -0.15) is 0 Å². The minimum Gasteiger partial charge on any atom is -0.497 e. The van der Waals surface area contributed by atoms with Crippen molar-refractivity contribution in [3.63, 3.8) is 0 Å². The third-order valence-corrected chi connectivity index (χ3v) is 6.04. The van der Waals surface area contributed by atoms with Crippen molar-refractivity contribution in [3.8, 4) is 5.75 Å². The first-order valence-electron chi connectivity index (χ1n) is 11.5. The topological polar surface area (TPSA) is 59.8 Å². The van der Waals surface area contributed by atoms with Gasteiger partial charge >= 0.3 is 6.09 Å². The number of hydrogen-bond acceptors (Lipinski definition) is 5. The number of hydrogen-bond donors (Lipinski definition) is 0. The second-order valence-electron chi connectivity index (χ2n) is 9.67. The number of ether oxygens (including phenoxy) is 2. The largest absolute Gasteiger partial charge is 0.497 e. The summed E-state index contributed by atoms with van der Waals surface area (Å²) in [6.07, 6.45) is 1.66. The highest BCUT2D eigenvalue weighted by atomic mass is 16.6. The van der Waals surface area contributed by atoms with Crippen molar-refractivity contribution in [2.45, 2.75) is 51.8 Å². The zero-order chi connectivity index (χ0) is 23.6. The predicted molar refractivity (Wildman–Crippen MR) is 131 cm³/mol. The van der Waals surface area contributed by atoms with Crippen molar-refractivity contribution >= 4 is 23.1 Å². The van der Waals surface area contributed by atoms with E-state index in [1.165, 1.54) is 5.56 Å². The lowest BCUT2D eigenvalue weighted by Gasteiger charge is -2.38. The monoisotopic (exact) mass is 450 g/mol. The van der Waals surface area contributed by atoms with Crippen LogP contribution in [0.4, 0.5) is 10.7 Å². The van der Waals surface area contributed by atoms with Crippen molar-refractivity contribution in [2.75, 3.05) is 32.1 Å². The molecule has 1 amide bonds. The third-order valence-electron chi connectivity index (χ3n) is 6.04. The molecule has 0 unspecified atom stereocenters. The van der Waals surface area contributed by atoms with Crippen LogP contribution in [0.15, 0.2) is 48.5 Å². The van der Waals surface area contributed by atoms with Gasteiger partial charge in [0.05, 0.1) is 30.7 Å². The standard InChI is InChI=1S/C26H34N4O3/c1-26(2,3)33-25(31)28(4)20-9-8-16-29(18-20)24-27-22-10-6-7-11-23(22)30(24)17-19-12-14-21(32-5)15-13-19/h6-7,10-15,20H,8-9,16-18H2,1-5H3/t20-/m0/s1. The van der Waals surface area contributed by atoms with E-state index in [0.717, 1.165) is 48.7 Å². The van der Waals surface area contributed by atoms with Crippen molar-refractivity contribution in [1.82, 2.24) is 14.5 Å². The van der Waals surface area contributed by atoms with Crippen LogP contribution < -0.4 is 9.64 Å². The van der Waals surface area contributed by atoms with Crippen molar-refractivity contribution in [1.29, 1.82) is 0 Å². The van der Waals surface area contributed by atoms with Crippen molar-refractivity contribution in [3.05, 3.63) is 54.1 Å². The SMILES string of the molecule is COc1ccc(Cn2c(N3CCC[C@H](N(C)C(=O)OC(C)(C)C)C3)nc3ccccc32)cc1. The molecule has 1 aliphatic heterocycles. The third kappa shape index (κ3) is 5.24. The van der Waals surface area contributed by atoms with Gasteiger partial charge in [-0.15, -0.1) is 0 Å². The molecular formula is C26H34N4O3. The Hall–Kier alpha value is -3.22. The van der Waals surface area contributed by atoms with Crippen LogP contribution in [0.25, 0.3) is 11.0 Å². The molecule has 4 rings (SSSR count). The van der Waals surface area contributed by atoms with Gasteiger partial charge in [-0.05, 0) is 63.4 Å². The minimum atomic E-state index is -0.508. The van der Waals surface area contributed by atoms with Gasteiger partial charge in [0.25, 0.3) is 0 Å². The molecule has 2 heterocycles. The molecule has 2 aromatic carbocycles. The lowest BCUT2D eigenvalue weighted by Crippen LogP contribution is -2.50. The van der Waals surface area contributed by atoms with E-state index in [9.17, 15) is 4.79 Å². The van der Waals surface area contributed by atoms with Crippen LogP contribution in [0.3, 0.4) is 0 Å². The maximum absolute atomic E-state index is 12.7. The fourth-order valence-corrected chi connectivity index (χ4v) is 4.31. The van der Waals surface area contributed by atoms with Crippen LogP contribution in [0.2, 0.25) is 0 Å². The van der Waals surface area contributed by atoms with Crippen LogP contribution in [0.5, 0.6) is 5.75 Å². The Morgan fingerprint density at radius 1 is 1.15 bits per heavy atom. The quantitative estimate of drug-likeness (QED) is 0.552. The maximum Gasteiger partial charge on any atom is 0.410 e. The smallest absolute Gasteiger partial charge is 0.410 e. The molecule has 3 aromatic rings. The molecule has 176 valence electrons. The normalized spacial score (nSPS) is 16.6. The summed E-state index contributed by atoms with van der Waals surface area (Å²) in [6.45, 7) is 8.03. The highest BCUT2D eigenvalue weighted by molar-refractivity contribution is 5.79. The average molecular weight is 451 g/mol. The second-order valence-corrected chi connectivity index (χ2v) is 9.67. The summed E-state index contributed by atoms with van der Waals surface area (Å²) < 4.78 is 13.2. The fraction of sp³-hybridized carbons (Fsp3) is 0.462. The molecule has 1 aromatic heterocycles. The lowest BCUT2D eigenvalue weighted by molar-refractivity contribution is 0.0209. The van der Waals surface area contributed by atoms with Crippen LogP contribution in [-0.2, 0) is 11.3 Å². The van der Waals surface area contributed by atoms with E-state index in [-0.39, 0.29) is 12.1 Å². The number of nitrogens with zero attached hydrogens (tertiary/aromatic N) is 4. The summed E-state index contributed by atoms with van der Waals surface area (Å²) in [7, 11) is 3.51.